The zero-order valence-electron chi connectivity index (χ0n) is 15.8. The summed E-state index contributed by atoms with van der Waals surface area (Å²) in [5, 5.41) is 0.334. The normalized spacial score (nSPS) is 15.9. The number of carbonyl (C=O) groups excluding carboxylic acids is 3. The molecule has 27 heavy (non-hydrogen) atoms. The van der Waals surface area contributed by atoms with Gasteiger partial charge >= 0.3 is 0 Å². The van der Waals surface area contributed by atoms with E-state index in [1.807, 2.05) is 13.8 Å². The summed E-state index contributed by atoms with van der Waals surface area (Å²) >= 11 is 0.981. The Morgan fingerprint density at radius 3 is 2.41 bits per heavy atom. The number of fused-ring (bicyclic) bond motifs is 1. The number of H-pyrrole nitrogens is 1. The van der Waals surface area contributed by atoms with E-state index in [9.17, 15) is 14.4 Å². The number of allylic oxidation sites excluding steroid dienone is 4. The van der Waals surface area contributed by atoms with Crippen LogP contribution >= 0.6 is 11.8 Å². The Bertz CT molecular complexity index is 1050. The van der Waals surface area contributed by atoms with Crippen molar-refractivity contribution in [2.75, 3.05) is 0 Å². The van der Waals surface area contributed by atoms with Crippen LogP contribution in [0.15, 0.2) is 40.0 Å². The molecule has 8 heteroatoms. The van der Waals surface area contributed by atoms with Gasteiger partial charge in [0.2, 0.25) is 0 Å². The summed E-state index contributed by atoms with van der Waals surface area (Å²) in [6.45, 7) is 8.60. The molecule has 0 radical (unpaired) electrons. The van der Waals surface area contributed by atoms with E-state index < -0.39 is 5.41 Å². The molecule has 7 nitrogen and oxygen atoms in total. The van der Waals surface area contributed by atoms with Crippen molar-refractivity contribution in [1.82, 2.24) is 19.9 Å². The molecular formula is C19H20N4O3S. The van der Waals surface area contributed by atoms with Gasteiger partial charge in [0.05, 0.1) is 6.33 Å². The van der Waals surface area contributed by atoms with Gasteiger partial charge in [-0.15, -0.1) is 0 Å². The third-order valence-electron chi connectivity index (χ3n) is 4.85. The predicted octanol–water partition coefficient (Wildman–Crippen LogP) is 3.19. The number of rotatable bonds is 4. The second-order valence-corrected chi connectivity index (χ2v) is 8.27. The van der Waals surface area contributed by atoms with Crippen LogP contribution in [0, 0.1) is 5.41 Å². The SMILES string of the molecule is CC1=C(C)C(=O)C(C(C)(C)CC(=O)Sc2ncnc3nc[nH]c23)=C(C)C1=O. The minimum absolute atomic E-state index is 0.0926. The zero-order valence-corrected chi connectivity index (χ0v) is 16.7. The van der Waals surface area contributed by atoms with Crippen molar-refractivity contribution >= 4 is 39.6 Å². The van der Waals surface area contributed by atoms with Crippen molar-refractivity contribution in [3.63, 3.8) is 0 Å². The highest BCUT2D eigenvalue weighted by Crippen LogP contribution is 2.40. The van der Waals surface area contributed by atoms with Gasteiger partial charge in [0, 0.05) is 34.1 Å². The van der Waals surface area contributed by atoms with E-state index in [-0.39, 0.29) is 23.1 Å². The first kappa shape index (κ1) is 19.2. The molecule has 0 amide bonds. The lowest BCUT2D eigenvalue weighted by molar-refractivity contribution is -0.118. The molecule has 0 fully saturated rings. The van der Waals surface area contributed by atoms with Crippen LogP contribution in [-0.2, 0) is 14.4 Å². The molecule has 1 aliphatic carbocycles. The fraction of sp³-hybridized carbons (Fsp3) is 0.368. The summed E-state index contributed by atoms with van der Waals surface area (Å²) in [5.74, 6) is -0.296. The van der Waals surface area contributed by atoms with Gasteiger partial charge in [-0.25, -0.2) is 15.0 Å². The summed E-state index contributed by atoms with van der Waals surface area (Å²) in [6.07, 6.45) is 2.95. The first-order valence-corrected chi connectivity index (χ1v) is 9.28. The lowest BCUT2D eigenvalue weighted by atomic mass is 9.71. The highest BCUT2D eigenvalue weighted by molar-refractivity contribution is 8.13. The highest BCUT2D eigenvalue weighted by Gasteiger charge is 2.38. The number of aromatic amines is 1. The van der Waals surface area contributed by atoms with Crippen molar-refractivity contribution in [2.24, 2.45) is 5.41 Å². The van der Waals surface area contributed by atoms with Gasteiger partial charge in [-0.05, 0) is 32.5 Å². The molecule has 2 aromatic rings. The van der Waals surface area contributed by atoms with Crippen LogP contribution in [0.3, 0.4) is 0 Å². The highest BCUT2D eigenvalue weighted by atomic mass is 32.2. The van der Waals surface area contributed by atoms with E-state index in [0.29, 0.717) is 38.5 Å². The Kier molecular flexibility index (Phi) is 4.86. The summed E-state index contributed by atoms with van der Waals surface area (Å²) < 4.78 is 0. The van der Waals surface area contributed by atoms with Gasteiger partial charge in [-0.1, -0.05) is 13.8 Å². The molecule has 0 aliphatic heterocycles. The number of aromatic nitrogens is 4. The Labute approximate surface area is 160 Å². The predicted molar refractivity (Wildman–Crippen MR) is 102 cm³/mol. The van der Waals surface area contributed by atoms with Gasteiger partial charge < -0.3 is 4.98 Å². The average molecular weight is 384 g/mol. The van der Waals surface area contributed by atoms with Gasteiger partial charge in [0.1, 0.15) is 16.9 Å². The largest absolute Gasteiger partial charge is 0.341 e. The number of nitrogens with zero attached hydrogens (tertiary/aromatic N) is 3. The fourth-order valence-electron chi connectivity index (χ4n) is 3.32. The van der Waals surface area contributed by atoms with E-state index in [1.54, 1.807) is 20.8 Å². The minimum Gasteiger partial charge on any atom is -0.341 e. The van der Waals surface area contributed by atoms with E-state index in [1.165, 1.54) is 12.7 Å². The number of nitrogens with one attached hydrogen (secondary N) is 1. The van der Waals surface area contributed by atoms with Gasteiger partial charge in [0.25, 0.3) is 0 Å². The fourth-order valence-corrected chi connectivity index (χ4v) is 4.32. The molecule has 3 rings (SSSR count). The number of ketones is 2. The number of thioether (sulfide) groups is 1. The molecular weight excluding hydrogens is 364 g/mol. The molecule has 0 aromatic carbocycles. The van der Waals surface area contributed by atoms with E-state index in [4.69, 9.17) is 0 Å². The molecule has 0 spiro atoms. The van der Waals surface area contributed by atoms with Crippen LogP contribution in [0.2, 0.25) is 0 Å². The third-order valence-corrected chi connectivity index (χ3v) is 5.72. The summed E-state index contributed by atoms with van der Waals surface area (Å²) in [6, 6.07) is 0. The maximum atomic E-state index is 12.8. The maximum Gasteiger partial charge on any atom is 0.196 e. The standard InChI is InChI=1S/C19H20N4O3S/c1-9-10(2)16(26)13(11(3)15(9)25)19(4,5)6-12(24)27-18-14-17(21-7-20-14)22-8-23-18/h7-8H,6H2,1-5H3,(H,20,21,22,23). The van der Waals surface area contributed by atoms with Gasteiger partial charge in [-0.2, -0.15) is 0 Å². The van der Waals surface area contributed by atoms with Gasteiger partial charge in [0.15, 0.2) is 22.3 Å². The number of Topliss-reactive ketones (excluding diaryl/α,β-unsaturated/α-hetero) is 2. The van der Waals surface area contributed by atoms with Crippen LogP contribution in [-0.4, -0.2) is 36.6 Å². The molecule has 1 aliphatic rings. The first-order valence-electron chi connectivity index (χ1n) is 8.46. The molecule has 140 valence electrons. The average Bonchev–Trinajstić information content (AvgIpc) is 3.07. The molecule has 0 saturated heterocycles. The summed E-state index contributed by atoms with van der Waals surface area (Å²) in [7, 11) is 0. The third kappa shape index (κ3) is 3.37. The molecule has 0 atom stereocenters. The lowest BCUT2D eigenvalue weighted by Crippen LogP contribution is -2.31. The second kappa shape index (κ2) is 6.84. The van der Waals surface area contributed by atoms with Crippen molar-refractivity contribution in [2.45, 2.75) is 46.1 Å². The smallest absolute Gasteiger partial charge is 0.196 e. The van der Waals surface area contributed by atoms with E-state index >= 15 is 0 Å². The van der Waals surface area contributed by atoms with Crippen molar-refractivity contribution in [3.8, 4) is 0 Å². The first-order chi connectivity index (χ1) is 12.6. The van der Waals surface area contributed by atoms with Crippen molar-refractivity contribution in [3.05, 3.63) is 34.9 Å². The summed E-state index contributed by atoms with van der Waals surface area (Å²) in [4.78, 5) is 53.1. The molecule has 0 saturated carbocycles. The van der Waals surface area contributed by atoms with Crippen LogP contribution in [0.1, 0.15) is 41.0 Å². The summed E-state index contributed by atoms with van der Waals surface area (Å²) in [5.41, 5.74) is 2.07. The Morgan fingerprint density at radius 1 is 1.04 bits per heavy atom. The topological polar surface area (TPSA) is 106 Å². The minimum atomic E-state index is -0.775. The Hall–Kier alpha value is -2.61. The lowest BCUT2D eigenvalue weighted by Gasteiger charge is -2.31. The van der Waals surface area contributed by atoms with E-state index in [0.717, 1.165) is 11.8 Å². The van der Waals surface area contributed by atoms with Crippen LogP contribution in [0.5, 0.6) is 0 Å². The molecule has 2 aromatic heterocycles. The molecule has 2 heterocycles. The van der Waals surface area contributed by atoms with Crippen LogP contribution in [0.4, 0.5) is 0 Å². The second-order valence-electron chi connectivity index (χ2n) is 7.22. The molecule has 0 unspecified atom stereocenters. The Balaban J connectivity index is 1.86. The monoisotopic (exact) mass is 384 g/mol. The maximum absolute atomic E-state index is 12.8. The quantitative estimate of drug-likeness (QED) is 0.490. The number of hydrogen-bond donors (Lipinski definition) is 1. The van der Waals surface area contributed by atoms with Crippen molar-refractivity contribution < 1.29 is 14.4 Å². The van der Waals surface area contributed by atoms with Crippen LogP contribution < -0.4 is 0 Å². The van der Waals surface area contributed by atoms with Gasteiger partial charge in [-0.3, -0.25) is 14.4 Å². The van der Waals surface area contributed by atoms with E-state index in [2.05, 4.69) is 19.9 Å². The van der Waals surface area contributed by atoms with Crippen molar-refractivity contribution in [1.29, 1.82) is 0 Å². The number of hydrogen-bond acceptors (Lipinski definition) is 7. The number of imidazole rings is 1. The Morgan fingerprint density at radius 2 is 1.70 bits per heavy atom. The molecule has 0 bridgehead atoms. The number of carbonyl (C=O) groups is 3. The van der Waals surface area contributed by atoms with Crippen LogP contribution in [0.25, 0.3) is 11.2 Å². The zero-order chi connectivity index (χ0) is 19.9. The molecule has 1 N–H and O–H groups in total.